The summed E-state index contributed by atoms with van der Waals surface area (Å²) >= 11 is 0. The number of anilines is 1. The summed E-state index contributed by atoms with van der Waals surface area (Å²) in [7, 11) is 3.91. The number of hydrogen-bond donors (Lipinski definition) is 1. The fourth-order valence-corrected chi connectivity index (χ4v) is 1.26. The average molecular weight is 222 g/mol. The third kappa shape index (κ3) is 4.14. The zero-order chi connectivity index (χ0) is 12.3. The molecule has 0 atom stereocenters. The molecular formula is C12H22N4. The van der Waals surface area contributed by atoms with E-state index in [-0.39, 0.29) is 5.54 Å². The smallest absolute Gasteiger partial charge is 0.225 e. The zero-order valence-electron chi connectivity index (χ0n) is 11.1. The van der Waals surface area contributed by atoms with Gasteiger partial charge in [-0.1, -0.05) is 0 Å². The van der Waals surface area contributed by atoms with Crippen LogP contribution in [-0.2, 0) is 6.54 Å². The minimum atomic E-state index is 0.108. The molecule has 1 aromatic rings. The van der Waals surface area contributed by atoms with Crippen molar-refractivity contribution in [1.82, 2.24) is 15.3 Å². The predicted molar refractivity (Wildman–Crippen MR) is 67.7 cm³/mol. The Morgan fingerprint density at radius 2 is 1.88 bits per heavy atom. The highest BCUT2D eigenvalue weighted by Crippen LogP contribution is 2.08. The van der Waals surface area contributed by atoms with Gasteiger partial charge in [0.1, 0.15) is 0 Å². The van der Waals surface area contributed by atoms with Gasteiger partial charge in [0.05, 0.1) is 5.69 Å². The maximum absolute atomic E-state index is 4.49. The molecule has 0 bridgehead atoms. The molecule has 0 spiro atoms. The first kappa shape index (κ1) is 12.9. The highest BCUT2D eigenvalue weighted by Gasteiger charge is 2.10. The van der Waals surface area contributed by atoms with E-state index >= 15 is 0 Å². The summed E-state index contributed by atoms with van der Waals surface area (Å²) < 4.78 is 0. The lowest BCUT2D eigenvalue weighted by Gasteiger charge is -2.20. The van der Waals surface area contributed by atoms with Gasteiger partial charge in [0.15, 0.2) is 0 Å². The minimum absolute atomic E-state index is 0.108. The fraction of sp³-hybridized carbons (Fsp3) is 0.667. The monoisotopic (exact) mass is 222 g/mol. The van der Waals surface area contributed by atoms with E-state index < -0.39 is 0 Å². The second-order valence-electron chi connectivity index (χ2n) is 5.30. The number of hydrogen-bond acceptors (Lipinski definition) is 4. The largest absolute Gasteiger partial charge is 0.347 e. The zero-order valence-corrected chi connectivity index (χ0v) is 11.1. The van der Waals surface area contributed by atoms with E-state index in [2.05, 4.69) is 36.1 Å². The molecular weight excluding hydrogens is 200 g/mol. The summed E-state index contributed by atoms with van der Waals surface area (Å²) in [4.78, 5) is 10.8. The Labute approximate surface area is 98.1 Å². The van der Waals surface area contributed by atoms with Gasteiger partial charge in [-0.3, -0.25) is 0 Å². The summed E-state index contributed by atoms with van der Waals surface area (Å²) in [5.74, 6) is 0.769. The van der Waals surface area contributed by atoms with Crippen molar-refractivity contribution in [1.29, 1.82) is 0 Å². The molecule has 1 aromatic heterocycles. The molecule has 0 aliphatic rings. The van der Waals surface area contributed by atoms with E-state index in [4.69, 9.17) is 0 Å². The normalized spacial score (nSPS) is 11.6. The van der Waals surface area contributed by atoms with Gasteiger partial charge in [-0.15, -0.1) is 0 Å². The highest BCUT2D eigenvalue weighted by molar-refractivity contribution is 5.29. The third-order valence-corrected chi connectivity index (χ3v) is 2.10. The number of nitrogens with one attached hydrogen (secondary N) is 1. The maximum Gasteiger partial charge on any atom is 0.225 e. The first-order chi connectivity index (χ1) is 7.28. The average Bonchev–Trinajstić information content (AvgIpc) is 2.13. The van der Waals surface area contributed by atoms with Gasteiger partial charge in [0.2, 0.25) is 5.95 Å². The molecule has 1 rings (SSSR count). The Morgan fingerprint density at radius 3 is 2.38 bits per heavy atom. The Hall–Kier alpha value is -1.16. The van der Waals surface area contributed by atoms with E-state index in [1.165, 1.54) is 0 Å². The van der Waals surface area contributed by atoms with Gasteiger partial charge in [0.25, 0.3) is 0 Å². The number of aromatic nitrogens is 2. The quantitative estimate of drug-likeness (QED) is 0.846. The van der Waals surface area contributed by atoms with Crippen molar-refractivity contribution in [3.8, 4) is 0 Å². The van der Waals surface area contributed by atoms with Crippen molar-refractivity contribution in [3.63, 3.8) is 0 Å². The van der Waals surface area contributed by atoms with Crippen LogP contribution in [0.5, 0.6) is 0 Å². The molecule has 90 valence electrons. The Kier molecular flexibility index (Phi) is 3.86. The molecule has 4 nitrogen and oxygen atoms in total. The van der Waals surface area contributed by atoms with Gasteiger partial charge in [-0.2, -0.15) is 0 Å². The first-order valence-corrected chi connectivity index (χ1v) is 5.55. The fourth-order valence-electron chi connectivity index (χ4n) is 1.26. The molecule has 1 N–H and O–H groups in total. The molecule has 0 aromatic carbocycles. The summed E-state index contributed by atoms with van der Waals surface area (Å²) in [6.07, 6.45) is 0. The van der Waals surface area contributed by atoms with Crippen LogP contribution < -0.4 is 10.2 Å². The Bertz CT molecular complexity index is 353. The Morgan fingerprint density at radius 1 is 1.25 bits per heavy atom. The lowest BCUT2D eigenvalue weighted by molar-refractivity contribution is 0.421. The SMILES string of the molecule is Cc1cc(CNC(C)(C)C)nc(N(C)C)n1. The molecule has 0 aliphatic carbocycles. The van der Waals surface area contributed by atoms with Crippen LogP contribution in [0.4, 0.5) is 5.95 Å². The van der Waals surface area contributed by atoms with Gasteiger partial charge in [-0.25, -0.2) is 9.97 Å². The molecule has 0 aliphatic heterocycles. The van der Waals surface area contributed by atoms with Crippen LogP contribution in [-0.4, -0.2) is 29.6 Å². The Balaban J connectivity index is 2.81. The number of nitrogens with zero attached hydrogens (tertiary/aromatic N) is 3. The van der Waals surface area contributed by atoms with Crippen molar-refractivity contribution < 1.29 is 0 Å². The second kappa shape index (κ2) is 4.78. The summed E-state index contributed by atoms with van der Waals surface area (Å²) in [6, 6.07) is 2.02. The molecule has 1 heterocycles. The summed E-state index contributed by atoms with van der Waals surface area (Å²) in [5, 5.41) is 3.42. The van der Waals surface area contributed by atoms with Crippen molar-refractivity contribution in [3.05, 3.63) is 17.5 Å². The molecule has 0 amide bonds. The third-order valence-electron chi connectivity index (χ3n) is 2.10. The molecule has 0 saturated carbocycles. The first-order valence-electron chi connectivity index (χ1n) is 5.55. The van der Waals surface area contributed by atoms with Crippen LogP contribution in [0, 0.1) is 6.92 Å². The van der Waals surface area contributed by atoms with E-state index in [9.17, 15) is 0 Å². The van der Waals surface area contributed by atoms with Crippen molar-refractivity contribution in [2.45, 2.75) is 39.8 Å². The standard InChI is InChI=1S/C12H22N4/c1-9-7-10(8-13-12(2,3)4)15-11(14-9)16(5)6/h7,13H,8H2,1-6H3. The van der Waals surface area contributed by atoms with E-state index in [1.54, 1.807) is 0 Å². The summed E-state index contributed by atoms with van der Waals surface area (Å²) in [6.45, 7) is 9.21. The second-order valence-corrected chi connectivity index (χ2v) is 5.30. The molecule has 0 fully saturated rings. The molecule has 0 saturated heterocycles. The van der Waals surface area contributed by atoms with Crippen LogP contribution >= 0.6 is 0 Å². The van der Waals surface area contributed by atoms with Gasteiger partial charge in [-0.05, 0) is 33.8 Å². The van der Waals surface area contributed by atoms with Crippen LogP contribution in [0.2, 0.25) is 0 Å². The van der Waals surface area contributed by atoms with Crippen LogP contribution in [0.25, 0.3) is 0 Å². The van der Waals surface area contributed by atoms with Gasteiger partial charge >= 0.3 is 0 Å². The summed E-state index contributed by atoms with van der Waals surface area (Å²) in [5.41, 5.74) is 2.15. The molecule has 16 heavy (non-hydrogen) atoms. The topological polar surface area (TPSA) is 41.1 Å². The van der Waals surface area contributed by atoms with Crippen LogP contribution in [0.3, 0.4) is 0 Å². The molecule has 0 unspecified atom stereocenters. The van der Waals surface area contributed by atoms with E-state index in [0.29, 0.717) is 0 Å². The van der Waals surface area contributed by atoms with Crippen LogP contribution in [0.1, 0.15) is 32.2 Å². The van der Waals surface area contributed by atoms with E-state index in [1.807, 2.05) is 32.0 Å². The van der Waals surface area contributed by atoms with Crippen molar-refractivity contribution in [2.75, 3.05) is 19.0 Å². The predicted octanol–water partition coefficient (Wildman–Crippen LogP) is 1.74. The van der Waals surface area contributed by atoms with Gasteiger partial charge in [0, 0.05) is 31.9 Å². The minimum Gasteiger partial charge on any atom is -0.347 e. The molecule has 0 radical (unpaired) electrons. The highest BCUT2D eigenvalue weighted by atomic mass is 15.2. The van der Waals surface area contributed by atoms with E-state index in [0.717, 1.165) is 23.9 Å². The lowest BCUT2D eigenvalue weighted by Crippen LogP contribution is -2.35. The van der Waals surface area contributed by atoms with Crippen molar-refractivity contribution in [2.24, 2.45) is 0 Å². The maximum atomic E-state index is 4.49. The van der Waals surface area contributed by atoms with Gasteiger partial charge < -0.3 is 10.2 Å². The molecule has 4 heteroatoms. The van der Waals surface area contributed by atoms with Crippen LogP contribution in [0.15, 0.2) is 6.07 Å². The lowest BCUT2D eigenvalue weighted by atomic mass is 10.1. The van der Waals surface area contributed by atoms with Crippen molar-refractivity contribution >= 4 is 5.95 Å². The number of aryl methyl sites for hydroxylation is 1. The number of rotatable bonds is 3.